The summed E-state index contributed by atoms with van der Waals surface area (Å²) in [6, 6.07) is 0. The molecule has 3 aliphatic rings. The van der Waals surface area contributed by atoms with E-state index in [1.165, 1.54) is 12.4 Å². The van der Waals surface area contributed by atoms with Gasteiger partial charge in [-0.3, -0.25) is 4.79 Å². The molecule has 1 aromatic rings. The van der Waals surface area contributed by atoms with Crippen molar-refractivity contribution in [3.8, 4) is 0 Å². The number of likely N-dealkylation sites (tertiary alicyclic amines) is 1. The second kappa shape index (κ2) is 7.10. The van der Waals surface area contributed by atoms with Gasteiger partial charge in [-0.15, -0.1) is 0 Å². The smallest absolute Gasteiger partial charge is 0.225 e. The Morgan fingerprint density at radius 2 is 1.85 bits per heavy atom. The molecule has 0 bridgehead atoms. The van der Waals surface area contributed by atoms with E-state index in [1.807, 2.05) is 9.80 Å². The number of halogens is 1. The highest BCUT2D eigenvalue weighted by Crippen LogP contribution is 2.40. The molecule has 1 spiro atoms. The molecule has 1 saturated carbocycles. The second-order valence-electron chi connectivity index (χ2n) is 8.13. The average molecular weight is 362 g/mol. The van der Waals surface area contributed by atoms with Crippen LogP contribution in [0.1, 0.15) is 44.9 Å². The molecule has 4 rings (SSSR count). The standard InChI is InChI=1S/C19H27FN4O2/c20-15-10-21-18(22-11-15)24-9-6-16(25)19(13-24)7-3-8-23(12-19)17(26)14-4-1-2-5-14/h10-11,14,16,25H,1-9,12-13H2/t16?,19-/m0/s1. The molecule has 1 amide bonds. The fourth-order valence-electron chi connectivity index (χ4n) is 4.97. The third-order valence-corrected chi connectivity index (χ3v) is 6.40. The highest BCUT2D eigenvalue weighted by molar-refractivity contribution is 5.79. The maximum atomic E-state index is 13.1. The summed E-state index contributed by atoms with van der Waals surface area (Å²) in [4.78, 5) is 25.1. The summed E-state index contributed by atoms with van der Waals surface area (Å²) in [5.74, 6) is 0.481. The fourth-order valence-corrected chi connectivity index (χ4v) is 4.97. The van der Waals surface area contributed by atoms with Gasteiger partial charge in [-0.05, 0) is 32.1 Å². The van der Waals surface area contributed by atoms with Gasteiger partial charge in [0.15, 0.2) is 5.82 Å². The third-order valence-electron chi connectivity index (χ3n) is 6.40. The molecule has 2 atom stereocenters. The highest BCUT2D eigenvalue weighted by Gasteiger charge is 2.47. The van der Waals surface area contributed by atoms with Gasteiger partial charge in [0.05, 0.1) is 18.5 Å². The monoisotopic (exact) mass is 362 g/mol. The summed E-state index contributed by atoms with van der Waals surface area (Å²) >= 11 is 0. The van der Waals surface area contributed by atoms with E-state index in [2.05, 4.69) is 9.97 Å². The fraction of sp³-hybridized carbons (Fsp3) is 0.737. The van der Waals surface area contributed by atoms with Crippen LogP contribution in [-0.4, -0.2) is 58.2 Å². The van der Waals surface area contributed by atoms with Crippen LogP contribution in [0.25, 0.3) is 0 Å². The predicted octanol–water partition coefficient (Wildman–Crippen LogP) is 1.99. The molecule has 6 nitrogen and oxygen atoms in total. The van der Waals surface area contributed by atoms with Crippen molar-refractivity contribution >= 4 is 11.9 Å². The van der Waals surface area contributed by atoms with E-state index in [1.54, 1.807) is 0 Å². The SMILES string of the molecule is O=C(C1CCCC1)N1CCC[C@]2(C1)CN(c1ncc(F)cn1)CCC2O. The van der Waals surface area contributed by atoms with Crippen LogP contribution in [0, 0.1) is 17.2 Å². The number of hydrogen-bond acceptors (Lipinski definition) is 5. The van der Waals surface area contributed by atoms with Gasteiger partial charge < -0.3 is 14.9 Å². The average Bonchev–Trinajstić information content (AvgIpc) is 3.19. The van der Waals surface area contributed by atoms with Gasteiger partial charge in [0.2, 0.25) is 11.9 Å². The highest BCUT2D eigenvalue weighted by atomic mass is 19.1. The maximum Gasteiger partial charge on any atom is 0.225 e. The molecule has 142 valence electrons. The number of amides is 1. The lowest BCUT2D eigenvalue weighted by Crippen LogP contribution is -2.60. The summed E-state index contributed by atoms with van der Waals surface area (Å²) in [7, 11) is 0. The lowest BCUT2D eigenvalue weighted by atomic mass is 9.71. The van der Waals surface area contributed by atoms with E-state index < -0.39 is 11.9 Å². The molecule has 26 heavy (non-hydrogen) atoms. The number of aliphatic hydroxyl groups excluding tert-OH is 1. The number of carbonyl (C=O) groups is 1. The molecule has 0 aromatic carbocycles. The molecule has 1 unspecified atom stereocenters. The van der Waals surface area contributed by atoms with Gasteiger partial charge in [-0.1, -0.05) is 12.8 Å². The first kappa shape index (κ1) is 17.6. The zero-order valence-corrected chi connectivity index (χ0v) is 15.1. The van der Waals surface area contributed by atoms with Crippen LogP contribution in [0.2, 0.25) is 0 Å². The van der Waals surface area contributed by atoms with Crippen LogP contribution < -0.4 is 4.90 Å². The number of hydrogen-bond donors (Lipinski definition) is 1. The molecule has 0 radical (unpaired) electrons. The number of aliphatic hydroxyl groups is 1. The molecular weight excluding hydrogens is 335 g/mol. The van der Waals surface area contributed by atoms with E-state index in [-0.39, 0.29) is 17.2 Å². The number of piperidine rings is 2. The number of anilines is 1. The predicted molar refractivity (Wildman–Crippen MR) is 95.0 cm³/mol. The Hall–Kier alpha value is -1.76. The van der Waals surface area contributed by atoms with Gasteiger partial charge in [0, 0.05) is 37.5 Å². The van der Waals surface area contributed by atoms with E-state index in [4.69, 9.17) is 0 Å². The Morgan fingerprint density at radius 3 is 2.58 bits per heavy atom. The first-order chi connectivity index (χ1) is 12.6. The minimum Gasteiger partial charge on any atom is -0.392 e. The Kier molecular flexibility index (Phi) is 4.82. The molecule has 3 fully saturated rings. The molecule has 2 aliphatic heterocycles. The number of carbonyl (C=O) groups excluding carboxylic acids is 1. The van der Waals surface area contributed by atoms with Crippen molar-refractivity contribution in [1.82, 2.24) is 14.9 Å². The topological polar surface area (TPSA) is 69.6 Å². The van der Waals surface area contributed by atoms with Gasteiger partial charge >= 0.3 is 0 Å². The first-order valence-electron chi connectivity index (χ1n) is 9.77. The van der Waals surface area contributed by atoms with Crippen LogP contribution >= 0.6 is 0 Å². The molecule has 2 saturated heterocycles. The Labute approximate surface area is 153 Å². The summed E-state index contributed by atoms with van der Waals surface area (Å²) in [6.07, 6.45) is 8.63. The van der Waals surface area contributed by atoms with Gasteiger partial charge in [-0.25, -0.2) is 14.4 Å². The van der Waals surface area contributed by atoms with Crippen LogP contribution in [0.15, 0.2) is 12.4 Å². The van der Waals surface area contributed by atoms with E-state index in [9.17, 15) is 14.3 Å². The van der Waals surface area contributed by atoms with E-state index in [0.717, 1.165) is 45.1 Å². The van der Waals surface area contributed by atoms with Crippen LogP contribution in [0.4, 0.5) is 10.3 Å². The summed E-state index contributed by atoms with van der Waals surface area (Å²) in [5.41, 5.74) is -0.345. The van der Waals surface area contributed by atoms with Crippen molar-refractivity contribution in [2.24, 2.45) is 11.3 Å². The van der Waals surface area contributed by atoms with E-state index in [0.29, 0.717) is 32.0 Å². The van der Waals surface area contributed by atoms with Crippen molar-refractivity contribution in [2.45, 2.75) is 51.0 Å². The lowest BCUT2D eigenvalue weighted by molar-refractivity contribution is -0.142. The van der Waals surface area contributed by atoms with Gasteiger partial charge in [0.1, 0.15) is 0 Å². The summed E-state index contributed by atoms with van der Waals surface area (Å²) < 4.78 is 13.1. The van der Waals surface area contributed by atoms with Crippen molar-refractivity contribution < 1.29 is 14.3 Å². The molecule has 1 aliphatic carbocycles. The minimum absolute atomic E-state index is 0.169. The van der Waals surface area contributed by atoms with Crippen LogP contribution in [0.3, 0.4) is 0 Å². The first-order valence-corrected chi connectivity index (χ1v) is 9.77. The molecule has 7 heteroatoms. The minimum atomic E-state index is -0.452. The molecule has 1 N–H and O–H groups in total. The normalized spacial score (nSPS) is 30.2. The molecule has 3 heterocycles. The van der Waals surface area contributed by atoms with Crippen molar-refractivity contribution in [3.05, 3.63) is 18.2 Å². The number of rotatable bonds is 2. The van der Waals surface area contributed by atoms with Crippen LogP contribution in [-0.2, 0) is 4.79 Å². The Balaban J connectivity index is 1.50. The zero-order chi connectivity index (χ0) is 18.1. The van der Waals surface area contributed by atoms with Gasteiger partial charge in [0.25, 0.3) is 0 Å². The van der Waals surface area contributed by atoms with Crippen molar-refractivity contribution in [1.29, 1.82) is 0 Å². The summed E-state index contributed by atoms with van der Waals surface area (Å²) in [5, 5.41) is 10.8. The Bertz CT molecular complexity index is 649. The number of aromatic nitrogens is 2. The second-order valence-corrected chi connectivity index (χ2v) is 8.13. The van der Waals surface area contributed by atoms with E-state index >= 15 is 0 Å². The summed E-state index contributed by atoms with van der Waals surface area (Å²) in [6.45, 7) is 2.64. The van der Waals surface area contributed by atoms with Crippen LogP contribution in [0.5, 0.6) is 0 Å². The zero-order valence-electron chi connectivity index (χ0n) is 15.1. The molecule has 1 aromatic heterocycles. The van der Waals surface area contributed by atoms with Crippen molar-refractivity contribution in [2.75, 3.05) is 31.1 Å². The largest absolute Gasteiger partial charge is 0.392 e. The van der Waals surface area contributed by atoms with Gasteiger partial charge in [-0.2, -0.15) is 0 Å². The molecular formula is C19H27FN4O2. The third kappa shape index (κ3) is 3.29. The lowest BCUT2D eigenvalue weighted by Gasteiger charge is -2.51. The quantitative estimate of drug-likeness (QED) is 0.871. The maximum absolute atomic E-state index is 13.1. The Morgan fingerprint density at radius 1 is 1.12 bits per heavy atom. The number of nitrogens with zero attached hydrogens (tertiary/aromatic N) is 4. The van der Waals surface area contributed by atoms with Crippen molar-refractivity contribution in [3.63, 3.8) is 0 Å².